The maximum Gasteiger partial charge on any atom is 0.243 e. The summed E-state index contributed by atoms with van der Waals surface area (Å²) < 4.78 is 27.9. The van der Waals surface area contributed by atoms with Gasteiger partial charge in [-0.15, -0.1) is 10.2 Å². The zero-order chi connectivity index (χ0) is 33.4. The van der Waals surface area contributed by atoms with Gasteiger partial charge in [-0.25, -0.2) is 12.9 Å². The summed E-state index contributed by atoms with van der Waals surface area (Å²) in [6, 6.07) is 6.62. The Morgan fingerprint density at radius 2 is 1.46 bits per heavy atom. The molecule has 2 atom stereocenters. The number of unbranched alkanes of at least 4 members (excludes halogenated alkanes) is 11. The number of carbonyl (C=O) groups excluding carboxylic acids is 2. The lowest BCUT2D eigenvalue weighted by molar-refractivity contribution is -0.129. The molecule has 3 rings (SSSR count). The maximum atomic E-state index is 13.8. The number of rotatable bonds is 23. The van der Waals surface area contributed by atoms with Gasteiger partial charge in [0.2, 0.25) is 11.8 Å². The quantitative estimate of drug-likeness (QED) is 0.0894. The molecule has 0 spiro atoms. The van der Waals surface area contributed by atoms with Gasteiger partial charge in [0.05, 0.1) is 22.4 Å². The molecule has 2 heterocycles. The summed E-state index contributed by atoms with van der Waals surface area (Å²) in [6.07, 6.45) is 15.2. The molecule has 0 saturated carbocycles. The van der Waals surface area contributed by atoms with Crippen molar-refractivity contribution < 1.29 is 18.0 Å². The van der Waals surface area contributed by atoms with Crippen LogP contribution in [0.3, 0.4) is 0 Å². The van der Waals surface area contributed by atoms with E-state index in [4.69, 9.17) is 11.6 Å². The molecule has 2 amide bonds. The fourth-order valence-electron chi connectivity index (χ4n) is 5.62. The van der Waals surface area contributed by atoms with E-state index in [0.29, 0.717) is 22.9 Å². The van der Waals surface area contributed by atoms with Crippen LogP contribution < -0.4 is 10.6 Å². The van der Waals surface area contributed by atoms with Crippen molar-refractivity contribution in [1.82, 2.24) is 30.4 Å². The molecule has 0 aliphatic heterocycles. The Morgan fingerprint density at radius 3 is 2.11 bits per heavy atom. The minimum absolute atomic E-state index is 0.0583. The first-order valence-electron chi connectivity index (χ1n) is 17.1. The topological polar surface area (TPSA) is 138 Å². The van der Waals surface area contributed by atoms with Gasteiger partial charge in [-0.1, -0.05) is 121 Å². The molecule has 3 aromatic rings. The van der Waals surface area contributed by atoms with Gasteiger partial charge >= 0.3 is 0 Å². The van der Waals surface area contributed by atoms with Gasteiger partial charge in [-0.2, -0.15) is 0 Å². The Hall–Kier alpha value is -2.92. The van der Waals surface area contributed by atoms with Gasteiger partial charge in [0.15, 0.2) is 21.3 Å². The molecule has 0 fully saturated rings. The number of nitrogens with one attached hydrogen (secondary N) is 3. The van der Waals surface area contributed by atoms with E-state index in [1.54, 1.807) is 22.7 Å². The summed E-state index contributed by atoms with van der Waals surface area (Å²) in [5.41, 5.74) is 1.20. The highest BCUT2D eigenvalue weighted by Gasteiger charge is 2.29. The molecule has 3 N–H and O–H groups in total. The van der Waals surface area contributed by atoms with Crippen molar-refractivity contribution in [2.45, 2.75) is 140 Å². The summed E-state index contributed by atoms with van der Waals surface area (Å²) in [5, 5.41) is 18.1. The van der Waals surface area contributed by atoms with Crippen molar-refractivity contribution in [2.24, 2.45) is 0 Å². The van der Waals surface area contributed by atoms with E-state index in [0.717, 1.165) is 50.6 Å². The number of aromatic nitrogens is 4. The van der Waals surface area contributed by atoms with Crippen LogP contribution in [-0.4, -0.2) is 51.8 Å². The van der Waals surface area contributed by atoms with Crippen molar-refractivity contribution >= 4 is 38.9 Å². The standard InChI is InChI=1S/C34H53ClN6O4S/c1-4-6-8-9-10-11-12-13-14-19-23-30(42)36-29(24-25-46(44,45)27-20-17-15-18-21-27)34(43)37-28(22-16-7-5-2)32-38-39-33-31(35)26(3)40-41(32)33/h15,17-18,20-21,28-29,40H,4-14,16,19,22-25H2,1-3H3,(H,36,42)(H,37,43). The minimum Gasteiger partial charge on any atom is -0.344 e. The highest BCUT2D eigenvalue weighted by atomic mass is 35.5. The van der Waals surface area contributed by atoms with Crippen molar-refractivity contribution in [3.8, 4) is 0 Å². The van der Waals surface area contributed by atoms with E-state index in [1.165, 1.54) is 50.7 Å². The number of carbonyl (C=O) groups is 2. The molecule has 2 unspecified atom stereocenters. The molecule has 0 saturated heterocycles. The lowest BCUT2D eigenvalue weighted by Gasteiger charge is -2.23. The molecule has 10 nitrogen and oxygen atoms in total. The van der Waals surface area contributed by atoms with Gasteiger partial charge < -0.3 is 10.6 Å². The fraction of sp³-hybridized carbons (Fsp3) is 0.647. The van der Waals surface area contributed by atoms with Crippen molar-refractivity contribution in [3.63, 3.8) is 0 Å². The second-order valence-electron chi connectivity index (χ2n) is 12.3. The number of sulfone groups is 1. The number of aryl methyl sites for hydroxylation is 1. The number of halogens is 1. The first-order chi connectivity index (χ1) is 22.2. The minimum atomic E-state index is -3.66. The number of benzene rings is 1. The Labute approximate surface area is 279 Å². The van der Waals surface area contributed by atoms with Crippen LogP contribution in [0.25, 0.3) is 5.65 Å². The predicted octanol–water partition coefficient (Wildman–Crippen LogP) is 7.42. The molecule has 12 heteroatoms. The van der Waals surface area contributed by atoms with Crippen LogP contribution in [-0.2, 0) is 19.4 Å². The van der Waals surface area contributed by atoms with Gasteiger partial charge in [-0.3, -0.25) is 14.7 Å². The maximum absolute atomic E-state index is 13.8. The van der Waals surface area contributed by atoms with Gasteiger partial charge in [0, 0.05) is 6.42 Å². The average Bonchev–Trinajstić information content (AvgIpc) is 3.58. The summed E-state index contributed by atoms with van der Waals surface area (Å²) in [6.45, 7) is 6.16. The van der Waals surface area contributed by atoms with Gasteiger partial charge in [-0.05, 0) is 38.3 Å². The lowest BCUT2D eigenvalue weighted by Crippen LogP contribution is -2.48. The number of nitrogens with zero attached hydrogens (tertiary/aromatic N) is 3. The number of hydrogen-bond acceptors (Lipinski definition) is 6. The Bertz CT molecular complexity index is 1460. The van der Waals surface area contributed by atoms with Crippen LogP contribution in [0.15, 0.2) is 35.2 Å². The number of aromatic amines is 1. The molecule has 256 valence electrons. The van der Waals surface area contributed by atoms with Crippen LogP contribution in [0.4, 0.5) is 0 Å². The van der Waals surface area contributed by atoms with Crippen LogP contribution >= 0.6 is 11.6 Å². The van der Waals surface area contributed by atoms with E-state index in [-0.39, 0.29) is 29.4 Å². The first-order valence-corrected chi connectivity index (χ1v) is 19.2. The smallest absolute Gasteiger partial charge is 0.243 e. The van der Waals surface area contributed by atoms with Crippen LogP contribution in [0.1, 0.15) is 134 Å². The molecule has 0 aliphatic carbocycles. The van der Waals surface area contributed by atoms with Gasteiger partial charge in [0.1, 0.15) is 11.1 Å². The second kappa shape index (κ2) is 19.7. The third-order valence-corrected chi connectivity index (χ3v) is 10.6. The zero-order valence-corrected chi connectivity index (χ0v) is 29.4. The highest BCUT2D eigenvalue weighted by molar-refractivity contribution is 7.91. The zero-order valence-electron chi connectivity index (χ0n) is 27.8. The third-order valence-electron chi connectivity index (χ3n) is 8.40. The summed E-state index contributed by atoms with van der Waals surface area (Å²) >= 11 is 6.39. The predicted molar refractivity (Wildman–Crippen MR) is 184 cm³/mol. The molecule has 46 heavy (non-hydrogen) atoms. The Kier molecular flexibility index (Phi) is 16.1. The lowest BCUT2D eigenvalue weighted by atomic mass is 10.1. The molecule has 0 aliphatic rings. The van der Waals surface area contributed by atoms with E-state index in [1.807, 2.05) is 6.92 Å². The highest BCUT2D eigenvalue weighted by Crippen LogP contribution is 2.25. The fourth-order valence-corrected chi connectivity index (χ4v) is 7.14. The molecular formula is C34H53ClN6O4S. The van der Waals surface area contributed by atoms with Crippen LogP contribution in [0.2, 0.25) is 5.02 Å². The van der Waals surface area contributed by atoms with Crippen LogP contribution in [0, 0.1) is 6.92 Å². The number of hydrogen-bond donors (Lipinski definition) is 3. The SMILES string of the molecule is CCCCCCCCCCCCC(=O)NC(CCS(=O)(=O)c1ccccc1)C(=O)NC(CCCCC)c1nnc2c(Cl)c(C)[nH]n12. The van der Waals surface area contributed by atoms with E-state index in [9.17, 15) is 18.0 Å². The summed E-state index contributed by atoms with van der Waals surface area (Å²) in [7, 11) is -3.66. The number of H-pyrrole nitrogens is 1. The van der Waals surface area contributed by atoms with Crippen molar-refractivity contribution in [1.29, 1.82) is 0 Å². The second-order valence-corrected chi connectivity index (χ2v) is 14.8. The molecule has 0 radical (unpaired) electrons. The number of amides is 2. The average molecular weight is 677 g/mol. The summed E-state index contributed by atoms with van der Waals surface area (Å²) in [5.74, 6) is -0.487. The largest absolute Gasteiger partial charge is 0.344 e. The monoisotopic (exact) mass is 676 g/mol. The van der Waals surface area contributed by atoms with E-state index < -0.39 is 27.8 Å². The molecule has 0 bridgehead atoms. The van der Waals surface area contributed by atoms with Crippen LogP contribution in [0.5, 0.6) is 0 Å². The number of fused-ring (bicyclic) bond motifs is 1. The van der Waals surface area contributed by atoms with E-state index >= 15 is 0 Å². The normalized spacial score (nSPS) is 13.1. The van der Waals surface area contributed by atoms with Crippen molar-refractivity contribution in [3.05, 3.63) is 46.9 Å². The summed E-state index contributed by atoms with van der Waals surface area (Å²) in [4.78, 5) is 27.0. The Balaban J connectivity index is 1.66. The first kappa shape index (κ1) is 37.5. The molecule has 2 aromatic heterocycles. The molecule has 1 aromatic carbocycles. The van der Waals surface area contributed by atoms with E-state index in [2.05, 4.69) is 39.8 Å². The molecular weight excluding hydrogens is 624 g/mol. The van der Waals surface area contributed by atoms with Crippen molar-refractivity contribution in [2.75, 3.05) is 5.75 Å². The Morgan fingerprint density at radius 1 is 0.848 bits per heavy atom. The van der Waals surface area contributed by atoms with Gasteiger partial charge in [0.25, 0.3) is 0 Å². The third kappa shape index (κ3) is 11.7.